The number of hydrogen-bond acceptors (Lipinski definition) is 4. The number of hydrogen-bond donors (Lipinski definition) is 1. The van der Waals surface area contributed by atoms with Gasteiger partial charge in [0.25, 0.3) is 0 Å². The maximum absolute atomic E-state index is 5.99. The quantitative estimate of drug-likeness (QED) is 0.917. The first-order valence-electron chi connectivity index (χ1n) is 8.26. The molecule has 1 aliphatic carbocycles. The Hall–Kier alpha value is -0.450. The number of nitrogens with one attached hydrogen (secondary N) is 1. The van der Waals surface area contributed by atoms with Crippen molar-refractivity contribution in [2.45, 2.75) is 76.9 Å². The van der Waals surface area contributed by atoms with E-state index in [1.54, 1.807) is 0 Å². The summed E-state index contributed by atoms with van der Waals surface area (Å²) >= 11 is 1.90. The molecule has 1 aromatic rings. The Bertz CT molecular complexity index is 497. The lowest BCUT2D eigenvalue weighted by atomic mass is 9.90. The highest BCUT2D eigenvalue weighted by atomic mass is 32.1. The van der Waals surface area contributed by atoms with Crippen LogP contribution < -0.4 is 5.32 Å². The standard InChI is InChI=1S/C17H28N2OS/c1-16(2,3)18-11-12-7-5-8-13-14(12)19-15(21-13)17(4)9-6-10-20-17/h12,18H,5-11H2,1-4H3. The number of rotatable bonds is 3. The van der Waals surface area contributed by atoms with Crippen LogP contribution in [0, 0.1) is 0 Å². The fourth-order valence-electron chi connectivity index (χ4n) is 3.31. The van der Waals surface area contributed by atoms with E-state index < -0.39 is 0 Å². The van der Waals surface area contributed by atoms with Gasteiger partial charge in [0, 0.05) is 29.5 Å². The highest BCUT2D eigenvalue weighted by molar-refractivity contribution is 7.11. The van der Waals surface area contributed by atoms with E-state index in [9.17, 15) is 0 Å². The molecule has 0 aromatic carbocycles. The molecule has 1 aromatic heterocycles. The Morgan fingerprint density at radius 1 is 1.38 bits per heavy atom. The first-order valence-corrected chi connectivity index (χ1v) is 9.08. The third-order valence-corrected chi connectivity index (χ3v) is 6.00. The summed E-state index contributed by atoms with van der Waals surface area (Å²) in [6.45, 7) is 10.8. The molecule has 1 N–H and O–H groups in total. The van der Waals surface area contributed by atoms with Crippen LogP contribution >= 0.6 is 11.3 Å². The summed E-state index contributed by atoms with van der Waals surface area (Å²) in [6.07, 6.45) is 6.04. The molecule has 0 bridgehead atoms. The van der Waals surface area contributed by atoms with Gasteiger partial charge in [-0.15, -0.1) is 11.3 Å². The van der Waals surface area contributed by atoms with Crippen molar-refractivity contribution < 1.29 is 4.74 Å². The smallest absolute Gasteiger partial charge is 0.125 e. The van der Waals surface area contributed by atoms with E-state index >= 15 is 0 Å². The monoisotopic (exact) mass is 308 g/mol. The molecule has 2 aliphatic rings. The average molecular weight is 308 g/mol. The highest BCUT2D eigenvalue weighted by Gasteiger charge is 2.37. The van der Waals surface area contributed by atoms with Crippen LogP contribution in [-0.2, 0) is 16.8 Å². The normalized spacial score (nSPS) is 29.6. The van der Waals surface area contributed by atoms with Crippen LogP contribution in [-0.4, -0.2) is 23.7 Å². The minimum atomic E-state index is -0.121. The Morgan fingerprint density at radius 3 is 2.86 bits per heavy atom. The molecular formula is C17H28N2OS. The lowest BCUT2D eigenvalue weighted by Crippen LogP contribution is -2.39. The van der Waals surface area contributed by atoms with Crippen LogP contribution in [0.25, 0.3) is 0 Å². The Kier molecular flexibility index (Phi) is 4.15. The van der Waals surface area contributed by atoms with Gasteiger partial charge in [0.1, 0.15) is 10.6 Å². The minimum Gasteiger partial charge on any atom is -0.368 e. The molecule has 2 atom stereocenters. The van der Waals surface area contributed by atoms with Gasteiger partial charge >= 0.3 is 0 Å². The van der Waals surface area contributed by atoms with E-state index in [0.717, 1.165) is 26.0 Å². The number of thiazole rings is 1. The number of nitrogens with zero attached hydrogens (tertiary/aromatic N) is 1. The molecule has 2 heterocycles. The predicted molar refractivity (Wildman–Crippen MR) is 88.1 cm³/mol. The molecule has 118 valence electrons. The van der Waals surface area contributed by atoms with Crippen LogP contribution in [0.2, 0.25) is 0 Å². The van der Waals surface area contributed by atoms with Crippen LogP contribution in [0.1, 0.15) is 74.9 Å². The second-order valence-electron chi connectivity index (χ2n) is 7.73. The topological polar surface area (TPSA) is 34.1 Å². The zero-order valence-electron chi connectivity index (χ0n) is 13.8. The molecule has 2 unspecified atom stereocenters. The van der Waals surface area contributed by atoms with E-state index in [1.165, 1.54) is 34.8 Å². The summed E-state index contributed by atoms with van der Waals surface area (Å²) in [5, 5.41) is 4.87. The van der Waals surface area contributed by atoms with Gasteiger partial charge in [-0.25, -0.2) is 4.98 Å². The van der Waals surface area contributed by atoms with Gasteiger partial charge in [-0.1, -0.05) is 0 Å². The molecule has 0 amide bonds. The van der Waals surface area contributed by atoms with Crippen LogP contribution in [0.4, 0.5) is 0 Å². The summed E-state index contributed by atoms with van der Waals surface area (Å²) in [7, 11) is 0. The summed E-state index contributed by atoms with van der Waals surface area (Å²) in [6, 6.07) is 0. The second kappa shape index (κ2) is 5.64. The van der Waals surface area contributed by atoms with E-state index in [1.807, 2.05) is 11.3 Å². The van der Waals surface area contributed by atoms with Crippen molar-refractivity contribution in [2.24, 2.45) is 0 Å². The van der Waals surface area contributed by atoms with Crippen molar-refractivity contribution in [1.82, 2.24) is 10.3 Å². The summed E-state index contributed by atoms with van der Waals surface area (Å²) in [5.41, 5.74) is 1.41. The van der Waals surface area contributed by atoms with Crippen LogP contribution in [0.3, 0.4) is 0 Å². The van der Waals surface area contributed by atoms with E-state index in [2.05, 4.69) is 33.0 Å². The van der Waals surface area contributed by atoms with Gasteiger partial charge < -0.3 is 10.1 Å². The highest BCUT2D eigenvalue weighted by Crippen LogP contribution is 2.42. The van der Waals surface area contributed by atoms with Gasteiger partial charge in [-0.3, -0.25) is 0 Å². The van der Waals surface area contributed by atoms with Crippen LogP contribution in [0.15, 0.2) is 0 Å². The molecule has 3 rings (SSSR count). The number of ether oxygens (including phenoxy) is 1. The zero-order chi connectivity index (χ0) is 15.1. The van der Waals surface area contributed by atoms with E-state index in [4.69, 9.17) is 9.72 Å². The van der Waals surface area contributed by atoms with Crippen molar-refractivity contribution in [2.75, 3.05) is 13.2 Å². The SMILES string of the molecule is CC(C)(C)NCC1CCCc2sc(C3(C)CCCO3)nc21. The van der Waals surface area contributed by atoms with Gasteiger partial charge in [-0.05, 0) is 59.8 Å². The van der Waals surface area contributed by atoms with Crippen molar-refractivity contribution in [1.29, 1.82) is 0 Å². The molecule has 4 heteroatoms. The molecule has 0 radical (unpaired) electrons. The molecule has 1 aliphatic heterocycles. The molecule has 0 spiro atoms. The maximum Gasteiger partial charge on any atom is 0.125 e. The summed E-state index contributed by atoms with van der Waals surface area (Å²) in [5.74, 6) is 0.572. The Balaban J connectivity index is 1.80. The molecule has 1 saturated heterocycles. The van der Waals surface area contributed by atoms with Gasteiger partial charge in [0.2, 0.25) is 0 Å². The van der Waals surface area contributed by atoms with Gasteiger partial charge in [-0.2, -0.15) is 0 Å². The summed E-state index contributed by atoms with van der Waals surface area (Å²) in [4.78, 5) is 6.55. The molecule has 0 saturated carbocycles. The van der Waals surface area contributed by atoms with E-state index in [-0.39, 0.29) is 11.1 Å². The van der Waals surface area contributed by atoms with Crippen LogP contribution in [0.5, 0.6) is 0 Å². The van der Waals surface area contributed by atoms with E-state index in [0.29, 0.717) is 5.92 Å². The molecule has 21 heavy (non-hydrogen) atoms. The Morgan fingerprint density at radius 2 is 2.19 bits per heavy atom. The average Bonchev–Trinajstić information content (AvgIpc) is 3.02. The first kappa shape index (κ1) is 15.4. The molecule has 1 fully saturated rings. The largest absolute Gasteiger partial charge is 0.368 e. The van der Waals surface area contributed by atoms with Crippen molar-refractivity contribution in [3.63, 3.8) is 0 Å². The molecule has 3 nitrogen and oxygen atoms in total. The molecular weight excluding hydrogens is 280 g/mol. The number of aromatic nitrogens is 1. The third-order valence-electron chi connectivity index (χ3n) is 4.62. The fraction of sp³-hybridized carbons (Fsp3) is 0.824. The lowest BCUT2D eigenvalue weighted by Gasteiger charge is -2.27. The summed E-state index contributed by atoms with van der Waals surface area (Å²) < 4.78 is 5.99. The Labute approximate surface area is 132 Å². The third kappa shape index (κ3) is 3.33. The van der Waals surface area contributed by atoms with Gasteiger partial charge in [0.15, 0.2) is 0 Å². The zero-order valence-corrected chi connectivity index (χ0v) is 14.6. The number of fused-ring (bicyclic) bond motifs is 1. The first-order chi connectivity index (χ1) is 9.87. The van der Waals surface area contributed by atoms with Crippen molar-refractivity contribution in [3.05, 3.63) is 15.6 Å². The minimum absolute atomic E-state index is 0.121. The maximum atomic E-state index is 5.99. The number of aryl methyl sites for hydroxylation is 1. The fourth-order valence-corrected chi connectivity index (χ4v) is 4.63. The van der Waals surface area contributed by atoms with Crippen molar-refractivity contribution in [3.8, 4) is 0 Å². The predicted octanol–water partition coefficient (Wildman–Crippen LogP) is 3.98. The van der Waals surface area contributed by atoms with Gasteiger partial charge in [0.05, 0.1) is 5.69 Å². The lowest BCUT2D eigenvalue weighted by molar-refractivity contribution is 0.0165. The van der Waals surface area contributed by atoms with Crippen molar-refractivity contribution >= 4 is 11.3 Å². The second-order valence-corrected chi connectivity index (χ2v) is 8.81.